The molecule has 0 bridgehead atoms. The summed E-state index contributed by atoms with van der Waals surface area (Å²) in [5.41, 5.74) is 7.00. The Bertz CT molecular complexity index is 339. The first-order valence-corrected chi connectivity index (χ1v) is 5.88. The molecule has 0 heterocycles. The molecular formula is C14H25NO. The summed E-state index contributed by atoms with van der Waals surface area (Å²) in [6.45, 7) is 12.6. The van der Waals surface area contributed by atoms with Gasteiger partial charge in [0.2, 0.25) is 0 Å². The van der Waals surface area contributed by atoms with E-state index in [2.05, 4.69) is 41.5 Å². The molecule has 1 aliphatic carbocycles. The van der Waals surface area contributed by atoms with Crippen LogP contribution < -0.4 is 5.73 Å². The molecule has 0 spiro atoms. The number of hydrogen-bond donors (Lipinski definition) is 2. The van der Waals surface area contributed by atoms with E-state index < -0.39 is 5.60 Å². The minimum Gasteiger partial charge on any atom is -0.399 e. The molecule has 0 aromatic rings. The first-order chi connectivity index (χ1) is 6.97. The molecule has 0 aromatic carbocycles. The Kier molecular flexibility index (Phi) is 3.01. The van der Waals surface area contributed by atoms with Gasteiger partial charge < -0.3 is 10.8 Å². The van der Waals surface area contributed by atoms with E-state index in [-0.39, 0.29) is 10.8 Å². The van der Waals surface area contributed by atoms with Crippen LogP contribution in [-0.2, 0) is 0 Å². The zero-order valence-electron chi connectivity index (χ0n) is 11.4. The second-order valence-corrected chi connectivity index (χ2v) is 6.87. The molecule has 92 valence electrons. The van der Waals surface area contributed by atoms with Gasteiger partial charge in [-0.1, -0.05) is 47.6 Å². The van der Waals surface area contributed by atoms with Crippen molar-refractivity contribution in [2.45, 2.75) is 53.6 Å². The molecule has 2 heteroatoms. The van der Waals surface area contributed by atoms with Gasteiger partial charge in [0.05, 0.1) is 5.60 Å². The molecular weight excluding hydrogens is 198 g/mol. The van der Waals surface area contributed by atoms with Gasteiger partial charge >= 0.3 is 0 Å². The van der Waals surface area contributed by atoms with E-state index in [1.165, 1.54) is 0 Å². The largest absolute Gasteiger partial charge is 0.399 e. The van der Waals surface area contributed by atoms with Crippen LogP contribution in [0.2, 0.25) is 0 Å². The van der Waals surface area contributed by atoms with E-state index in [9.17, 15) is 5.11 Å². The fraction of sp³-hybridized carbons (Fsp3) is 0.714. The van der Waals surface area contributed by atoms with Crippen LogP contribution in [0, 0.1) is 10.8 Å². The van der Waals surface area contributed by atoms with Gasteiger partial charge in [-0.3, -0.25) is 0 Å². The zero-order valence-corrected chi connectivity index (χ0v) is 11.4. The highest BCUT2D eigenvalue weighted by molar-refractivity contribution is 5.36. The maximum atomic E-state index is 10.7. The third-order valence-corrected chi connectivity index (χ3v) is 3.54. The van der Waals surface area contributed by atoms with Gasteiger partial charge in [-0.15, -0.1) is 0 Å². The fourth-order valence-corrected chi connectivity index (χ4v) is 1.97. The molecule has 16 heavy (non-hydrogen) atoms. The lowest BCUT2D eigenvalue weighted by atomic mass is 9.67. The molecule has 0 saturated carbocycles. The number of rotatable bonds is 0. The zero-order chi connectivity index (χ0) is 12.8. The first-order valence-electron chi connectivity index (χ1n) is 5.88. The van der Waals surface area contributed by atoms with Crippen molar-refractivity contribution in [2.24, 2.45) is 16.6 Å². The van der Waals surface area contributed by atoms with E-state index in [0.717, 1.165) is 11.3 Å². The number of aliphatic hydroxyl groups is 1. The number of nitrogens with two attached hydrogens (primary N) is 1. The van der Waals surface area contributed by atoms with Gasteiger partial charge in [-0.25, -0.2) is 0 Å². The fourth-order valence-electron chi connectivity index (χ4n) is 1.97. The Labute approximate surface area is 99.2 Å². The Hall–Kier alpha value is -0.760. The summed E-state index contributed by atoms with van der Waals surface area (Å²) in [7, 11) is 0. The lowest BCUT2D eigenvalue weighted by molar-refractivity contribution is -0.0178. The molecule has 3 N–H and O–H groups in total. The molecule has 2 nitrogen and oxygen atoms in total. The minimum absolute atomic E-state index is 0.00801. The highest BCUT2D eigenvalue weighted by atomic mass is 16.3. The standard InChI is InChI=1S/C14H25NO/c1-12(2,3)10-9-14(16,13(4,5)6)8-7-11(10)15/h7-8,16H,9,15H2,1-6H3. The summed E-state index contributed by atoms with van der Waals surface area (Å²) in [6.07, 6.45) is 4.33. The van der Waals surface area contributed by atoms with Crippen molar-refractivity contribution in [1.29, 1.82) is 0 Å². The van der Waals surface area contributed by atoms with E-state index in [4.69, 9.17) is 5.73 Å². The second-order valence-electron chi connectivity index (χ2n) is 6.87. The predicted octanol–water partition coefficient (Wildman–Crippen LogP) is 2.98. The normalized spacial score (nSPS) is 27.4. The third-order valence-electron chi connectivity index (χ3n) is 3.54. The van der Waals surface area contributed by atoms with Crippen LogP contribution in [-0.4, -0.2) is 10.7 Å². The van der Waals surface area contributed by atoms with Crippen molar-refractivity contribution >= 4 is 0 Å². The minimum atomic E-state index is -0.793. The Balaban J connectivity index is 3.13. The first kappa shape index (κ1) is 13.3. The van der Waals surface area contributed by atoms with Crippen molar-refractivity contribution < 1.29 is 5.11 Å². The SMILES string of the molecule is CC(C)(C)C1=C(N)C=CC(O)(C(C)(C)C)C1. The van der Waals surface area contributed by atoms with Gasteiger partial charge in [-0.2, -0.15) is 0 Å². The highest BCUT2D eigenvalue weighted by Gasteiger charge is 2.42. The van der Waals surface area contributed by atoms with Crippen LogP contribution in [0.3, 0.4) is 0 Å². The van der Waals surface area contributed by atoms with Crippen LogP contribution in [0.5, 0.6) is 0 Å². The van der Waals surface area contributed by atoms with Crippen LogP contribution >= 0.6 is 0 Å². The van der Waals surface area contributed by atoms with Crippen molar-refractivity contribution in [3.63, 3.8) is 0 Å². The summed E-state index contributed by atoms with van der Waals surface area (Å²) < 4.78 is 0. The van der Waals surface area contributed by atoms with E-state index in [1.807, 2.05) is 12.2 Å². The molecule has 0 fully saturated rings. The molecule has 0 aliphatic heterocycles. The Morgan fingerprint density at radius 2 is 1.69 bits per heavy atom. The van der Waals surface area contributed by atoms with Gasteiger partial charge in [0.1, 0.15) is 0 Å². The molecule has 0 radical (unpaired) electrons. The van der Waals surface area contributed by atoms with Crippen LogP contribution in [0.25, 0.3) is 0 Å². The molecule has 1 rings (SSSR count). The highest BCUT2D eigenvalue weighted by Crippen LogP contribution is 2.44. The Morgan fingerprint density at radius 3 is 2.06 bits per heavy atom. The van der Waals surface area contributed by atoms with Crippen molar-refractivity contribution in [3.05, 3.63) is 23.4 Å². The molecule has 1 aliphatic rings. The monoisotopic (exact) mass is 223 g/mol. The van der Waals surface area contributed by atoms with Gasteiger partial charge in [0.25, 0.3) is 0 Å². The smallest absolute Gasteiger partial charge is 0.0917 e. The molecule has 0 amide bonds. The van der Waals surface area contributed by atoms with Crippen molar-refractivity contribution in [2.75, 3.05) is 0 Å². The topological polar surface area (TPSA) is 46.2 Å². The summed E-state index contributed by atoms with van der Waals surface area (Å²) in [5.74, 6) is 0. The quantitative estimate of drug-likeness (QED) is 0.663. The Morgan fingerprint density at radius 1 is 1.19 bits per heavy atom. The van der Waals surface area contributed by atoms with Gasteiger partial charge in [-0.05, 0) is 22.5 Å². The maximum absolute atomic E-state index is 10.7. The van der Waals surface area contributed by atoms with Gasteiger partial charge in [0.15, 0.2) is 0 Å². The molecule has 1 unspecified atom stereocenters. The van der Waals surface area contributed by atoms with E-state index >= 15 is 0 Å². The summed E-state index contributed by atoms with van der Waals surface area (Å²) >= 11 is 0. The lowest BCUT2D eigenvalue weighted by Crippen LogP contribution is -2.44. The lowest BCUT2D eigenvalue weighted by Gasteiger charge is -2.43. The van der Waals surface area contributed by atoms with E-state index in [1.54, 1.807) is 0 Å². The molecule has 0 saturated heterocycles. The summed E-state index contributed by atoms with van der Waals surface area (Å²) in [6, 6.07) is 0. The molecule has 0 aromatic heterocycles. The third kappa shape index (κ3) is 2.32. The second kappa shape index (κ2) is 3.63. The molecule has 1 atom stereocenters. The van der Waals surface area contributed by atoms with Crippen LogP contribution in [0.15, 0.2) is 23.4 Å². The van der Waals surface area contributed by atoms with Crippen molar-refractivity contribution in [1.82, 2.24) is 0 Å². The van der Waals surface area contributed by atoms with Gasteiger partial charge in [0, 0.05) is 12.1 Å². The number of allylic oxidation sites excluding steroid dienone is 1. The average molecular weight is 223 g/mol. The summed E-state index contributed by atoms with van der Waals surface area (Å²) in [5, 5.41) is 10.7. The van der Waals surface area contributed by atoms with E-state index in [0.29, 0.717) is 6.42 Å². The van der Waals surface area contributed by atoms with Crippen LogP contribution in [0.4, 0.5) is 0 Å². The predicted molar refractivity (Wildman–Crippen MR) is 68.8 cm³/mol. The summed E-state index contributed by atoms with van der Waals surface area (Å²) in [4.78, 5) is 0. The van der Waals surface area contributed by atoms with Crippen LogP contribution in [0.1, 0.15) is 48.0 Å². The maximum Gasteiger partial charge on any atom is 0.0917 e. The average Bonchev–Trinajstić information content (AvgIpc) is 2.05. The van der Waals surface area contributed by atoms with Crippen molar-refractivity contribution in [3.8, 4) is 0 Å². The number of hydrogen-bond acceptors (Lipinski definition) is 2.